The maximum absolute atomic E-state index is 13.0. The highest BCUT2D eigenvalue weighted by atomic mass is 35.5. The number of amides is 2. The maximum atomic E-state index is 13.0. The average molecular weight is 398 g/mol. The second kappa shape index (κ2) is 8.71. The fourth-order valence-electron chi connectivity index (χ4n) is 2.53. The Morgan fingerprint density at radius 3 is 2.22 bits per heavy atom. The van der Waals surface area contributed by atoms with Crippen molar-refractivity contribution in [3.05, 3.63) is 88.9 Å². The van der Waals surface area contributed by atoms with Crippen molar-refractivity contribution in [2.45, 2.75) is 6.92 Å². The molecule has 0 heterocycles. The van der Waals surface area contributed by atoms with Gasteiger partial charge in [-0.05, 0) is 49.4 Å². The number of para-hydroxylation sites is 2. The van der Waals surface area contributed by atoms with Gasteiger partial charge in [0.2, 0.25) is 0 Å². The van der Waals surface area contributed by atoms with Crippen molar-refractivity contribution in [3.63, 3.8) is 0 Å². The number of carbonyl (C=O) groups excluding carboxylic acids is 1. The SMILES string of the molecule is CC(=Nc1ccccc1)N(C(=O)Nc1cc(Cl)ccc1Cl)c1ccccc1. The largest absolute Gasteiger partial charge is 0.331 e. The number of anilines is 2. The molecule has 0 spiro atoms. The van der Waals surface area contributed by atoms with Crippen molar-refractivity contribution in [2.75, 3.05) is 10.2 Å². The van der Waals surface area contributed by atoms with E-state index < -0.39 is 0 Å². The fraction of sp³-hybridized carbons (Fsp3) is 0.0476. The first-order valence-corrected chi connectivity index (χ1v) is 9.02. The van der Waals surface area contributed by atoms with Gasteiger partial charge in [0.1, 0.15) is 5.84 Å². The van der Waals surface area contributed by atoms with Gasteiger partial charge in [-0.2, -0.15) is 0 Å². The summed E-state index contributed by atoms with van der Waals surface area (Å²) in [7, 11) is 0. The van der Waals surface area contributed by atoms with E-state index in [2.05, 4.69) is 10.3 Å². The Morgan fingerprint density at radius 2 is 1.56 bits per heavy atom. The highest BCUT2D eigenvalue weighted by Crippen LogP contribution is 2.27. The lowest BCUT2D eigenvalue weighted by molar-refractivity contribution is 0.259. The van der Waals surface area contributed by atoms with E-state index in [9.17, 15) is 4.79 Å². The van der Waals surface area contributed by atoms with Gasteiger partial charge in [-0.1, -0.05) is 59.6 Å². The van der Waals surface area contributed by atoms with Gasteiger partial charge in [0, 0.05) is 5.02 Å². The summed E-state index contributed by atoms with van der Waals surface area (Å²) in [5.74, 6) is 0.517. The summed E-state index contributed by atoms with van der Waals surface area (Å²) in [5.41, 5.74) is 1.87. The molecule has 2 amide bonds. The van der Waals surface area contributed by atoms with Crippen LogP contribution in [0, 0.1) is 0 Å². The lowest BCUT2D eigenvalue weighted by atomic mass is 10.2. The Labute approximate surface area is 168 Å². The molecule has 136 valence electrons. The molecule has 27 heavy (non-hydrogen) atoms. The number of nitrogens with one attached hydrogen (secondary N) is 1. The molecular formula is C21H17Cl2N3O. The standard InChI is InChI=1S/C21H17Cl2N3O/c1-15(24-17-8-4-2-5-9-17)26(18-10-6-3-7-11-18)21(27)25-20-14-16(22)12-13-19(20)23/h2-14H,1H3,(H,25,27). The molecule has 6 heteroatoms. The predicted molar refractivity (Wildman–Crippen MR) is 114 cm³/mol. The summed E-state index contributed by atoms with van der Waals surface area (Å²) >= 11 is 12.2. The van der Waals surface area contributed by atoms with Crippen LogP contribution in [0.3, 0.4) is 0 Å². The highest BCUT2D eigenvalue weighted by molar-refractivity contribution is 6.36. The number of halogens is 2. The number of amidine groups is 1. The van der Waals surface area contributed by atoms with Gasteiger partial charge in [0.25, 0.3) is 0 Å². The predicted octanol–water partition coefficient (Wildman–Crippen LogP) is 6.78. The van der Waals surface area contributed by atoms with Crippen LogP contribution in [0.25, 0.3) is 0 Å². The lowest BCUT2D eigenvalue weighted by Gasteiger charge is -2.23. The minimum atomic E-state index is -0.387. The number of carbonyl (C=O) groups is 1. The van der Waals surface area contributed by atoms with Crippen molar-refractivity contribution in [3.8, 4) is 0 Å². The van der Waals surface area contributed by atoms with Crippen molar-refractivity contribution in [2.24, 2.45) is 4.99 Å². The third-order valence-corrected chi connectivity index (χ3v) is 4.32. The molecule has 4 nitrogen and oxygen atoms in total. The summed E-state index contributed by atoms with van der Waals surface area (Å²) in [6.45, 7) is 1.78. The van der Waals surface area contributed by atoms with Crippen molar-refractivity contribution in [1.29, 1.82) is 0 Å². The zero-order valence-electron chi connectivity index (χ0n) is 14.6. The van der Waals surface area contributed by atoms with E-state index >= 15 is 0 Å². The highest BCUT2D eigenvalue weighted by Gasteiger charge is 2.20. The molecule has 0 bridgehead atoms. The Hall–Kier alpha value is -2.82. The summed E-state index contributed by atoms with van der Waals surface area (Å²) in [4.78, 5) is 19.1. The zero-order valence-corrected chi connectivity index (χ0v) is 16.1. The number of urea groups is 1. The van der Waals surface area contributed by atoms with E-state index in [0.717, 1.165) is 5.69 Å². The minimum Gasteiger partial charge on any atom is -0.306 e. The van der Waals surface area contributed by atoms with Gasteiger partial charge in [-0.3, -0.25) is 4.90 Å². The Morgan fingerprint density at radius 1 is 0.926 bits per heavy atom. The van der Waals surface area contributed by atoms with E-state index in [1.54, 1.807) is 25.1 Å². The first kappa shape index (κ1) is 19.0. The monoisotopic (exact) mass is 397 g/mol. The molecule has 0 unspecified atom stereocenters. The van der Waals surface area contributed by atoms with E-state index in [0.29, 0.717) is 27.3 Å². The molecule has 0 radical (unpaired) electrons. The summed E-state index contributed by atoms with van der Waals surface area (Å²) in [6, 6.07) is 23.2. The topological polar surface area (TPSA) is 44.7 Å². The van der Waals surface area contributed by atoms with Crippen LogP contribution >= 0.6 is 23.2 Å². The molecule has 0 saturated carbocycles. The van der Waals surface area contributed by atoms with Crippen molar-refractivity contribution < 1.29 is 4.79 Å². The van der Waals surface area contributed by atoms with Gasteiger partial charge < -0.3 is 5.32 Å². The van der Waals surface area contributed by atoms with Crippen molar-refractivity contribution in [1.82, 2.24) is 0 Å². The smallest absolute Gasteiger partial charge is 0.306 e. The van der Waals surface area contributed by atoms with Crippen molar-refractivity contribution >= 4 is 52.1 Å². The van der Waals surface area contributed by atoms with Crippen LogP contribution in [-0.2, 0) is 0 Å². The minimum absolute atomic E-state index is 0.387. The van der Waals surface area contributed by atoms with Gasteiger partial charge in [0.15, 0.2) is 0 Å². The normalized spacial score (nSPS) is 11.1. The van der Waals surface area contributed by atoms with Crippen LogP contribution in [0.2, 0.25) is 10.0 Å². The zero-order chi connectivity index (χ0) is 19.2. The molecule has 3 aromatic carbocycles. The number of rotatable bonds is 3. The van der Waals surface area contributed by atoms with Gasteiger partial charge in [-0.15, -0.1) is 0 Å². The molecule has 0 saturated heterocycles. The van der Waals surface area contributed by atoms with Gasteiger partial charge in [-0.25, -0.2) is 9.79 Å². The molecule has 0 aromatic heterocycles. The molecule has 3 rings (SSSR count). The van der Waals surface area contributed by atoms with E-state index in [-0.39, 0.29) is 6.03 Å². The lowest BCUT2D eigenvalue weighted by Crippen LogP contribution is -2.38. The first-order chi connectivity index (χ1) is 13.0. The second-order valence-corrected chi connectivity index (χ2v) is 6.56. The third kappa shape index (κ3) is 4.88. The summed E-state index contributed by atoms with van der Waals surface area (Å²) in [5, 5.41) is 3.69. The molecule has 0 atom stereocenters. The number of hydrogen-bond acceptors (Lipinski definition) is 2. The number of hydrogen-bond donors (Lipinski definition) is 1. The van der Waals surface area contributed by atoms with E-state index in [1.165, 1.54) is 4.90 Å². The Balaban J connectivity index is 1.96. The Bertz CT molecular complexity index is 960. The number of aliphatic imine (C=N–C) groups is 1. The third-order valence-electron chi connectivity index (χ3n) is 3.76. The van der Waals surface area contributed by atoms with Gasteiger partial charge >= 0.3 is 6.03 Å². The van der Waals surface area contributed by atoms with E-state index in [4.69, 9.17) is 23.2 Å². The van der Waals surface area contributed by atoms with Crippen LogP contribution in [-0.4, -0.2) is 11.9 Å². The Kier molecular flexibility index (Phi) is 6.12. The second-order valence-electron chi connectivity index (χ2n) is 5.72. The van der Waals surface area contributed by atoms with Crippen LogP contribution in [0.5, 0.6) is 0 Å². The number of nitrogens with zero attached hydrogens (tertiary/aromatic N) is 2. The summed E-state index contributed by atoms with van der Waals surface area (Å²) in [6.07, 6.45) is 0. The molecule has 0 aliphatic heterocycles. The molecular weight excluding hydrogens is 381 g/mol. The van der Waals surface area contributed by atoms with E-state index in [1.807, 2.05) is 60.7 Å². The quantitative estimate of drug-likeness (QED) is 0.384. The molecule has 0 aliphatic carbocycles. The van der Waals surface area contributed by atoms with Crippen LogP contribution in [0.15, 0.2) is 83.9 Å². The van der Waals surface area contributed by atoms with Gasteiger partial charge in [0.05, 0.1) is 22.1 Å². The fourth-order valence-corrected chi connectivity index (χ4v) is 2.87. The number of benzene rings is 3. The maximum Gasteiger partial charge on any atom is 0.331 e. The van der Waals surface area contributed by atoms with Crippen LogP contribution < -0.4 is 10.2 Å². The van der Waals surface area contributed by atoms with Crippen LogP contribution in [0.1, 0.15) is 6.92 Å². The molecule has 0 aliphatic rings. The van der Waals surface area contributed by atoms with Crippen LogP contribution in [0.4, 0.5) is 21.9 Å². The average Bonchev–Trinajstić information content (AvgIpc) is 2.66. The first-order valence-electron chi connectivity index (χ1n) is 8.26. The summed E-state index contributed by atoms with van der Waals surface area (Å²) < 4.78 is 0. The molecule has 3 aromatic rings. The molecule has 1 N–H and O–H groups in total. The molecule has 0 fully saturated rings.